The number of aromatic nitrogens is 3. The Morgan fingerprint density at radius 3 is 2.51 bits per heavy atom. The van der Waals surface area contributed by atoms with Gasteiger partial charge in [0.05, 0.1) is 12.1 Å². The van der Waals surface area contributed by atoms with Gasteiger partial charge < -0.3 is 16.2 Å². The van der Waals surface area contributed by atoms with Gasteiger partial charge in [-0.05, 0) is 54.8 Å². The quantitative estimate of drug-likeness (QED) is 0.359. The average Bonchev–Trinajstić information content (AvgIpc) is 3.17. The van der Waals surface area contributed by atoms with Crippen molar-refractivity contribution in [3.8, 4) is 11.1 Å². The van der Waals surface area contributed by atoms with Gasteiger partial charge in [0, 0.05) is 11.8 Å². The monoisotopic (exact) mass is 487 g/mol. The molecule has 4 N–H and O–H groups in total. The highest BCUT2D eigenvalue weighted by Crippen LogP contribution is 2.37. The average molecular weight is 487 g/mol. The van der Waals surface area contributed by atoms with Crippen molar-refractivity contribution in [2.24, 2.45) is 0 Å². The SMILES string of the molecule is Cc1ccc(-c2ccn3nc(N)nc3c2)c(F)c1C(=O)NCC(F)(F)[C@@](C)(O)c1ccc(F)cc1. The van der Waals surface area contributed by atoms with Crippen molar-refractivity contribution in [2.45, 2.75) is 25.4 Å². The smallest absolute Gasteiger partial charge is 0.296 e. The van der Waals surface area contributed by atoms with E-state index in [-0.39, 0.29) is 22.6 Å². The van der Waals surface area contributed by atoms with Crippen LogP contribution < -0.4 is 11.1 Å². The largest absolute Gasteiger partial charge is 0.379 e. The maximum atomic E-state index is 15.4. The van der Waals surface area contributed by atoms with E-state index in [1.165, 1.54) is 35.8 Å². The van der Waals surface area contributed by atoms with Gasteiger partial charge in [-0.1, -0.05) is 24.3 Å². The summed E-state index contributed by atoms with van der Waals surface area (Å²) in [7, 11) is 0. The molecule has 2 heterocycles. The van der Waals surface area contributed by atoms with Crippen molar-refractivity contribution >= 4 is 17.5 Å². The Balaban J connectivity index is 1.60. The number of fused-ring (bicyclic) bond motifs is 1. The van der Waals surface area contributed by atoms with Crippen LogP contribution in [0, 0.1) is 18.6 Å². The van der Waals surface area contributed by atoms with Crippen molar-refractivity contribution in [2.75, 3.05) is 12.3 Å². The third kappa shape index (κ3) is 4.42. The van der Waals surface area contributed by atoms with Crippen LogP contribution in [0.4, 0.5) is 23.5 Å². The number of anilines is 1. The number of nitrogens with two attached hydrogens (primary N) is 1. The number of rotatable bonds is 6. The van der Waals surface area contributed by atoms with E-state index in [9.17, 15) is 23.1 Å². The van der Waals surface area contributed by atoms with E-state index in [0.717, 1.165) is 31.2 Å². The van der Waals surface area contributed by atoms with E-state index in [2.05, 4.69) is 10.1 Å². The maximum Gasteiger partial charge on any atom is 0.296 e. The van der Waals surface area contributed by atoms with Crippen LogP contribution >= 0.6 is 0 Å². The number of hydrogen-bond acceptors (Lipinski definition) is 5. The molecular formula is C24H21F4N5O2. The van der Waals surface area contributed by atoms with E-state index < -0.39 is 41.2 Å². The predicted octanol–water partition coefficient (Wildman–Crippen LogP) is 3.84. The van der Waals surface area contributed by atoms with Gasteiger partial charge in [0.25, 0.3) is 11.8 Å². The minimum atomic E-state index is -3.86. The first-order valence-electron chi connectivity index (χ1n) is 10.5. The lowest BCUT2D eigenvalue weighted by Gasteiger charge is -2.33. The van der Waals surface area contributed by atoms with Gasteiger partial charge >= 0.3 is 0 Å². The van der Waals surface area contributed by atoms with Gasteiger partial charge in [0.15, 0.2) is 11.2 Å². The summed E-state index contributed by atoms with van der Waals surface area (Å²) in [6, 6.07) is 9.94. The minimum Gasteiger partial charge on any atom is -0.379 e. The molecule has 0 fully saturated rings. The zero-order valence-electron chi connectivity index (χ0n) is 18.7. The number of alkyl halides is 2. The molecule has 7 nitrogen and oxygen atoms in total. The first kappa shape index (κ1) is 24.1. The number of carbonyl (C=O) groups is 1. The van der Waals surface area contributed by atoms with Gasteiger partial charge in [-0.2, -0.15) is 4.98 Å². The van der Waals surface area contributed by atoms with Crippen molar-refractivity contribution in [1.29, 1.82) is 0 Å². The van der Waals surface area contributed by atoms with Crippen LogP contribution in [-0.2, 0) is 5.60 Å². The van der Waals surface area contributed by atoms with Gasteiger partial charge in [0.2, 0.25) is 5.95 Å². The molecule has 0 bridgehead atoms. The number of pyridine rings is 1. The Bertz CT molecular complexity index is 1420. The van der Waals surface area contributed by atoms with E-state index in [4.69, 9.17) is 5.73 Å². The summed E-state index contributed by atoms with van der Waals surface area (Å²) in [5.41, 5.74) is 3.20. The lowest BCUT2D eigenvalue weighted by atomic mass is 9.89. The maximum absolute atomic E-state index is 15.4. The first-order valence-corrected chi connectivity index (χ1v) is 10.5. The number of amides is 1. The molecule has 4 rings (SSSR count). The van der Waals surface area contributed by atoms with Crippen LogP contribution in [0.1, 0.15) is 28.4 Å². The molecule has 35 heavy (non-hydrogen) atoms. The highest BCUT2D eigenvalue weighted by Gasteiger charge is 2.50. The highest BCUT2D eigenvalue weighted by molar-refractivity contribution is 5.97. The molecule has 0 aliphatic carbocycles. The number of benzene rings is 2. The second-order valence-corrected chi connectivity index (χ2v) is 8.27. The fraction of sp³-hybridized carbons (Fsp3) is 0.208. The van der Waals surface area contributed by atoms with Crippen LogP contribution in [-0.4, -0.2) is 38.1 Å². The first-order chi connectivity index (χ1) is 16.4. The molecule has 2 aromatic carbocycles. The van der Waals surface area contributed by atoms with E-state index in [1.54, 1.807) is 6.07 Å². The zero-order valence-corrected chi connectivity index (χ0v) is 18.7. The number of aliphatic hydroxyl groups is 1. The molecule has 2 aromatic heterocycles. The van der Waals surface area contributed by atoms with Gasteiger partial charge in [-0.25, -0.2) is 22.1 Å². The summed E-state index contributed by atoms with van der Waals surface area (Å²) in [6.07, 6.45) is 1.52. The molecule has 1 amide bonds. The van der Waals surface area contributed by atoms with E-state index >= 15 is 4.39 Å². The second kappa shape index (κ2) is 8.66. The van der Waals surface area contributed by atoms with Gasteiger partial charge in [0.1, 0.15) is 11.6 Å². The van der Waals surface area contributed by atoms with Crippen LogP contribution in [0.3, 0.4) is 0 Å². The normalized spacial score (nSPS) is 13.6. The summed E-state index contributed by atoms with van der Waals surface area (Å²) >= 11 is 0. The lowest BCUT2D eigenvalue weighted by molar-refractivity contribution is -0.173. The number of nitrogen functional groups attached to an aromatic ring is 1. The number of nitrogens with one attached hydrogen (secondary N) is 1. The standard InChI is InChI=1S/C24H21F4N5O2/c1-13-3-8-17(14-9-10-33-18(11-14)31-22(29)32-33)20(26)19(13)21(34)30-12-24(27,28)23(2,35)15-4-6-16(25)7-5-15/h3-11,35H,12H2,1-2H3,(H2,29,32)(H,30,34)/t23-/m0/s1. The molecule has 0 aliphatic heterocycles. The topological polar surface area (TPSA) is 106 Å². The van der Waals surface area contributed by atoms with E-state index in [0.29, 0.717) is 11.2 Å². The Hall–Kier alpha value is -3.99. The molecule has 0 saturated carbocycles. The minimum absolute atomic E-state index is 0.0315. The molecule has 1 atom stereocenters. The number of carbonyl (C=O) groups excluding carboxylic acids is 1. The predicted molar refractivity (Wildman–Crippen MR) is 121 cm³/mol. The number of nitrogens with zero attached hydrogens (tertiary/aromatic N) is 3. The van der Waals surface area contributed by atoms with Crippen LogP contribution in [0.15, 0.2) is 54.7 Å². The Kier molecular flexibility index (Phi) is 5.97. The zero-order chi connectivity index (χ0) is 25.5. The molecule has 0 saturated heterocycles. The summed E-state index contributed by atoms with van der Waals surface area (Å²) in [5.74, 6) is -6.47. The fourth-order valence-corrected chi connectivity index (χ4v) is 3.68. The summed E-state index contributed by atoms with van der Waals surface area (Å²) in [5, 5.41) is 16.4. The van der Waals surface area contributed by atoms with E-state index in [1.807, 2.05) is 5.32 Å². The number of halogens is 4. The third-order valence-corrected chi connectivity index (χ3v) is 5.83. The third-order valence-electron chi connectivity index (χ3n) is 5.83. The fourth-order valence-electron chi connectivity index (χ4n) is 3.68. The van der Waals surface area contributed by atoms with Crippen LogP contribution in [0.25, 0.3) is 16.8 Å². The highest BCUT2D eigenvalue weighted by atomic mass is 19.3. The summed E-state index contributed by atoms with van der Waals surface area (Å²) in [6.45, 7) is 1.04. The molecular weight excluding hydrogens is 466 g/mol. The van der Waals surface area contributed by atoms with Gasteiger partial charge in [-0.3, -0.25) is 4.79 Å². The number of aryl methyl sites for hydroxylation is 1. The molecule has 0 aliphatic rings. The summed E-state index contributed by atoms with van der Waals surface area (Å²) in [4.78, 5) is 16.8. The van der Waals surface area contributed by atoms with Crippen LogP contribution in [0.2, 0.25) is 0 Å². The molecule has 0 radical (unpaired) electrons. The summed E-state index contributed by atoms with van der Waals surface area (Å²) < 4.78 is 59.7. The molecule has 4 aromatic rings. The Morgan fingerprint density at radius 2 is 1.83 bits per heavy atom. The van der Waals surface area contributed by atoms with Crippen molar-refractivity contribution in [3.63, 3.8) is 0 Å². The second-order valence-electron chi connectivity index (χ2n) is 8.27. The molecule has 11 heteroatoms. The molecule has 0 spiro atoms. The molecule has 0 unspecified atom stereocenters. The van der Waals surface area contributed by atoms with Crippen molar-refractivity contribution in [1.82, 2.24) is 19.9 Å². The van der Waals surface area contributed by atoms with Crippen LogP contribution in [0.5, 0.6) is 0 Å². The Morgan fingerprint density at radius 1 is 1.14 bits per heavy atom. The van der Waals surface area contributed by atoms with Gasteiger partial charge in [-0.15, -0.1) is 5.10 Å². The Labute approximate surface area is 197 Å². The van der Waals surface area contributed by atoms with Crippen molar-refractivity contribution < 1.29 is 27.5 Å². The van der Waals surface area contributed by atoms with Crippen molar-refractivity contribution in [3.05, 3.63) is 83.1 Å². The molecule has 182 valence electrons. The number of hydrogen-bond donors (Lipinski definition) is 3. The lowest BCUT2D eigenvalue weighted by Crippen LogP contribution is -2.50.